The predicted octanol–water partition coefficient (Wildman–Crippen LogP) is 3.67. The first-order chi connectivity index (χ1) is 15.8. The molecule has 0 fully saturated rings. The van der Waals surface area contributed by atoms with Crippen molar-refractivity contribution in [2.24, 2.45) is 7.05 Å². The van der Waals surface area contributed by atoms with E-state index in [2.05, 4.69) is 35.6 Å². The van der Waals surface area contributed by atoms with E-state index in [1.165, 1.54) is 12.1 Å². The van der Waals surface area contributed by atoms with Gasteiger partial charge in [-0.15, -0.1) is 10.2 Å². The zero-order valence-electron chi connectivity index (χ0n) is 17.2. The third-order valence-electron chi connectivity index (χ3n) is 4.83. The highest BCUT2D eigenvalue weighted by atomic mass is 19.4. The van der Waals surface area contributed by atoms with Crippen LogP contribution in [-0.2, 0) is 19.6 Å². The maximum atomic E-state index is 12.9. The number of hydrogen-bond donors (Lipinski definition) is 1. The highest BCUT2D eigenvalue weighted by molar-refractivity contribution is 5.65. The van der Waals surface area contributed by atoms with E-state index < -0.39 is 11.9 Å². The molecule has 12 heteroatoms. The number of nitrogens with zero attached hydrogens (tertiary/aromatic N) is 8. The fourth-order valence-corrected chi connectivity index (χ4v) is 3.31. The molecule has 0 aliphatic rings. The first-order valence-electron chi connectivity index (χ1n) is 9.81. The second-order valence-corrected chi connectivity index (χ2v) is 7.24. The maximum absolute atomic E-state index is 12.9. The summed E-state index contributed by atoms with van der Waals surface area (Å²) in [7, 11) is 1.81. The fraction of sp³-hybridized carbons (Fsp3) is 0.143. The summed E-state index contributed by atoms with van der Waals surface area (Å²) in [6.07, 6.45) is 2.47. The van der Waals surface area contributed by atoms with E-state index in [0.29, 0.717) is 23.1 Å². The third-order valence-corrected chi connectivity index (χ3v) is 4.83. The minimum absolute atomic E-state index is 0.108. The number of anilines is 2. The molecule has 0 amide bonds. The van der Waals surface area contributed by atoms with E-state index in [-0.39, 0.29) is 12.1 Å². The molecule has 5 aromatic rings. The Hall–Kier alpha value is -4.35. The number of hydrogen-bond acceptors (Lipinski definition) is 7. The van der Waals surface area contributed by atoms with Gasteiger partial charge in [-0.2, -0.15) is 18.3 Å². The molecular weight excluding hydrogens is 435 g/mol. The molecule has 9 nitrogen and oxygen atoms in total. The van der Waals surface area contributed by atoms with Gasteiger partial charge in [0.05, 0.1) is 24.0 Å². The van der Waals surface area contributed by atoms with Crippen LogP contribution in [0, 0.1) is 0 Å². The number of rotatable bonds is 5. The van der Waals surface area contributed by atoms with Gasteiger partial charge in [0, 0.05) is 36.9 Å². The number of aromatic nitrogens is 8. The van der Waals surface area contributed by atoms with Gasteiger partial charge in [-0.05, 0) is 30.3 Å². The molecule has 166 valence electrons. The molecule has 5 heterocycles. The number of aryl methyl sites for hydroxylation is 1. The van der Waals surface area contributed by atoms with E-state index in [0.717, 1.165) is 17.3 Å². The average Bonchev–Trinajstić information content (AvgIpc) is 3.39. The van der Waals surface area contributed by atoms with Gasteiger partial charge >= 0.3 is 6.18 Å². The molecule has 0 saturated heterocycles. The normalized spacial score (nSPS) is 11.8. The van der Waals surface area contributed by atoms with Crippen molar-refractivity contribution in [3.05, 3.63) is 78.4 Å². The minimum Gasteiger partial charge on any atom is -0.321 e. The lowest BCUT2D eigenvalue weighted by atomic mass is 10.2. The van der Waals surface area contributed by atoms with Gasteiger partial charge in [0.25, 0.3) is 0 Å². The molecular formula is C21H16F3N9. The highest BCUT2D eigenvalue weighted by Crippen LogP contribution is 2.28. The molecule has 0 unspecified atom stereocenters. The molecule has 5 aromatic heterocycles. The monoisotopic (exact) mass is 451 g/mol. The van der Waals surface area contributed by atoms with Crippen molar-refractivity contribution < 1.29 is 13.2 Å². The summed E-state index contributed by atoms with van der Waals surface area (Å²) in [5.41, 5.74) is 2.07. The van der Waals surface area contributed by atoms with Crippen LogP contribution in [0.15, 0.2) is 61.2 Å². The third kappa shape index (κ3) is 4.35. The number of pyridine rings is 2. The summed E-state index contributed by atoms with van der Waals surface area (Å²) >= 11 is 0. The average molecular weight is 451 g/mol. The van der Waals surface area contributed by atoms with E-state index in [1.807, 2.05) is 13.1 Å². The van der Waals surface area contributed by atoms with Crippen LogP contribution in [-0.4, -0.2) is 39.3 Å². The van der Waals surface area contributed by atoms with Crippen molar-refractivity contribution in [2.45, 2.75) is 12.6 Å². The second kappa shape index (κ2) is 7.97. The molecule has 0 atom stereocenters. The van der Waals surface area contributed by atoms with Crippen LogP contribution < -0.4 is 5.32 Å². The SMILES string of the molecule is Cn1cc(Nc2nccc(-c3ccn4c(Cc5cccc(C(F)(F)F)n5)nnc4c3)n2)cn1. The Morgan fingerprint density at radius 2 is 1.94 bits per heavy atom. The van der Waals surface area contributed by atoms with Gasteiger partial charge in [-0.25, -0.2) is 15.0 Å². The van der Waals surface area contributed by atoms with Gasteiger partial charge in [-0.1, -0.05) is 6.07 Å². The Morgan fingerprint density at radius 1 is 1.06 bits per heavy atom. The van der Waals surface area contributed by atoms with Crippen LogP contribution in [0.3, 0.4) is 0 Å². The smallest absolute Gasteiger partial charge is 0.321 e. The Kier molecular flexibility index (Phi) is 4.96. The molecule has 33 heavy (non-hydrogen) atoms. The van der Waals surface area contributed by atoms with Crippen LogP contribution in [0.1, 0.15) is 17.2 Å². The zero-order chi connectivity index (χ0) is 23.0. The van der Waals surface area contributed by atoms with Crippen LogP contribution in [0.25, 0.3) is 16.9 Å². The van der Waals surface area contributed by atoms with Crippen molar-refractivity contribution >= 4 is 17.3 Å². The molecule has 1 N–H and O–H groups in total. The van der Waals surface area contributed by atoms with Crippen LogP contribution in [0.2, 0.25) is 0 Å². The Morgan fingerprint density at radius 3 is 2.73 bits per heavy atom. The van der Waals surface area contributed by atoms with Gasteiger partial charge < -0.3 is 5.32 Å². The van der Waals surface area contributed by atoms with Crippen molar-refractivity contribution in [3.63, 3.8) is 0 Å². The lowest BCUT2D eigenvalue weighted by Crippen LogP contribution is -2.09. The maximum Gasteiger partial charge on any atom is 0.433 e. The summed E-state index contributed by atoms with van der Waals surface area (Å²) < 4.78 is 42.2. The second-order valence-electron chi connectivity index (χ2n) is 7.24. The van der Waals surface area contributed by atoms with Crippen LogP contribution in [0.4, 0.5) is 24.8 Å². The molecule has 0 aliphatic carbocycles. The Bertz CT molecular complexity index is 1440. The van der Waals surface area contributed by atoms with Gasteiger partial charge in [0.15, 0.2) is 5.65 Å². The minimum atomic E-state index is -4.50. The number of fused-ring (bicyclic) bond motifs is 1. The van der Waals surface area contributed by atoms with Crippen LogP contribution in [0.5, 0.6) is 0 Å². The van der Waals surface area contributed by atoms with Crippen molar-refractivity contribution in [2.75, 3.05) is 5.32 Å². The van der Waals surface area contributed by atoms with Crippen molar-refractivity contribution in [1.82, 2.24) is 39.3 Å². The van der Waals surface area contributed by atoms with Crippen LogP contribution >= 0.6 is 0 Å². The van der Waals surface area contributed by atoms with Gasteiger partial charge in [0.1, 0.15) is 11.5 Å². The van der Waals surface area contributed by atoms with Gasteiger partial charge in [-0.3, -0.25) is 9.08 Å². The zero-order valence-corrected chi connectivity index (χ0v) is 17.2. The topological polar surface area (TPSA) is 98.7 Å². The highest BCUT2D eigenvalue weighted by Gasteiger charge is 2.32. The standard InChI is InChI=1S/C21H16F3N9/c1-32-12-15(11-26-32)28-20-25-7-5-16(29-20)13-6-8-33-18(9-13)30-31-19(33)10-14-3-2-4-17(27-14)21(22,23)24/h2-9,11-12H,10H2,1H3,(H,25,28,29). The fourth-order valence-electron chi connectivity index (χ4n) is 3.31. The summed E-state index contributed by atoms with van der Waals surface area (Å²) in [5.74, 6) is 0.892. The van der Waals surface area contributed by atoms with E-state index in [9.17, 15) is 13.2 Å². The number of alkyl halides is 3. The van der Waals surface area contributed by atoms with Crippen molar-refractivity contribution in [1.29, 1.82) is 0 Å². The van der Waals surface area contributed by atoms with E-state index in [4.69, 9.17) is 0 Å². The van der Waals surface area contributed by atoms with Gasteiger partial charge in [0.2, 0.25) is 5.95 Å². The summed E-state index contributed by atoms with van der Waals surface area (Å²) in [4.78, 5) is 12.5. The summed E-state index contributed by atoms with van der Waals surface area (Å²) in [6.45, 7) is 0. The first kappa shape index (κ1) is 20.5. The Labute approximate surface area is 185 Å². The van der Waals surface area contributed by atoms with E-state index >= 15 is 0 Å². The molecule has 0 radical (unpaired) electrons. The number of halogens is 3. The molecule has 0 spiro atoms. The lowest BCUT2D eigenvalue weighted by Gasteiger charge is -2.07. The largest absolute Gasteiger partial charge is 0.433 e. The van der Waals surface area contributed by atoms with Crippen molar-refractivity contribution in [3.8, 4) is 11.3 Å². The molecule has 0 aliphatic heterocycles. The summed E-state index contributed by atoms with van der Waals surface area (Å²) in [5, 5.41) is 15.5. The molecule has 0 aromatic carbocycles. The van der Waals surface area contributed by atoms with E-state index in [1.54, 1.807) is 46.0 Å². The molecule has 0 saturated carbocycles. The first-order valence-corrected chi connectivity index (χ1v) is 9.81. The lowest BCUT2D eigenvalue weighted by molar-refractivity contribution is -0.141. The summed E-state index contributed by atoms with van der Waals surface area (Å²) in [6, 6.07) is 9.20. The Balaban J connectivity index is 1.40. The molecule has 5 rings (SSSR count). The molecule has 0 bridgehead atoms. The quantitative estimate of drug-likeness (QED) is 0.435. The number of nitrogens with one attached hydrogen (secondary N) is 1. The predicted molar refractivity (Wildman–Crippen MR) is 113 cm³/mol.